The maximum atomic E-state index is 13.0. The fraction of sp³-hybridized carbons (Fsp3) is 0.941. The van der Waals surface area contributed by atoms with Gasteiger partial charge in [0.05, 0.1) is 26.4 Å². The molecule has 3 N–H and O–H groups in total. The number of carbonyl (C=O) groups excluding carboxylic acids is 4. The van der Waals surface area contributed by atoms with Crippen LogP contribution < -0.4 is 0 Å². The molecular weight excluding hydrogens is 1150 g/mol. The first-order chi connectivity index (χ1) is 42.0. The Labute approximate surface area is 530 Å². The number of unbranched alkanes of at least 4 members (excludes halogenated alkanes) is 40. The van der Waals surface area contributed by atoms with E-state index in [9.17, 15) is 43.2 Å². The molecule has 2 unspecified atom stereocenters. The van der Waals surface area contributed by atoms with Crippen molar-refractivity contribution in [2.24, 2.45) is 5.92 Å². The van der Waals surface area contributed by atoms with Gasteiger partial charge in [-0.1, -0.05) is 298 Å². The second-order valence-corrected chi connectivity index (χ2v) is 27.9. The molecular formula is C68H132O17P2. The molecule has 0 rings (SSSR count). The molecule has 87 heavy (non-hydrogen) atoms. The molecule has 0 saturated heterocycles. The molecule has 0 aliphatic carbocycles. The lowest BCUT2D eigenvalue weighted by atomic mass is 10.0. The Morgan fingerprint density at radius 2 is 0.529 bits per heavy atom. The molecule has 19 heteroatoms. The SMILES string of the molecule is CCCCCCCCCCCCCCCCCCCC(=O)O[C@H](COC(=O)CCCCCCCCCCCCC(C)C)COP(=O)(O)OC[C@@H](O)COP(=O)(O)OC[C@@H](COC(=O)CCCCCCC)OC(=O)CCCCCCCCCCCCCC. The summed E-state index contributed by atoms with van der Waals surface area (Å²) in [6.07, 6.45) is 47.5. The molecule has 516 valence electrons. The molecule has 0 aromatic carbocycles. The van der Waals surface area contributed by atoms with Crippen LogP contribution in [0.25, 0.3) is 0 Å². The Morgan fingerprint density at radius 1 is 0.310 bits per heavy atom. The normalized spacial score (nSPS) is 14.1. The van der Waals surface area contributed by atoms with Gasteiger partial charge in [0.1, 0.15) is 19.3 Å². The average Bonchev–Trinajstić information content (AvgIpc) is 3.70. The van der Waals surface area contributed by atoms with Crippen LogP contribution in [0.15, 0.2) is 0 Å². The standard InChI is InChI=1S/C68H132O17P2/c1-6-9-12-15-17-19-21-23-24-25-26-27-29-35-39-44-49-54-68(73)85-64(58-79-66(71)52-47-42-37-33-31-30-32-36-41-45-50-61(4)5)60-83-87(76,77)81-56-62(69)55-80-86(74,75)82-59-63(57-78-65(70)51-46-40-14-11-8-3)84-67(72)53-48-43-38-34-28-22-20-18-16-13-10-7-2/h61-64,69H,6-60H2,1-5H3,(H,74,75)(H,76,77)/t62-,63+,64+/m0/s1. The maximum Gasteiger partial charge on any atom is 0.472 e. The molecule has 0 aromatic rings. The number of hydrogen-bond donors (Lipinski definition) is 3. The number of aliphatic hydroxyl groups excluding tert-OH is 1. The molecule has 0 bridgehead atoms. The number of ether oxygens (including phenoxy) is 4. The van der Waals surface area contributed by atoms with E-state index in [-0.39, 0.29) is 25.7 Å². The highest BCUT2D eigenvalue weighted by molar-refractivity contribution is 7.47. The lowest BCUT2D eigenvalue weighted by molar-refractivity contribution is -0.161. The fourth-order valence-corrected chi connectivity index (χ4v) is 11.9. The van der Waals surface area contributed by atoms with Crippen molar-refractivity contribution in [3.8, 4) is 0 Å². The van der Waals surface area contributed by atoms with Gasteiger partial charge in [-0.05, 0) is 31.6 Å². The van der Waals surface area contributed by atoms with E-state index in [1.807, 2.05) is 0 Å². The van der Waals surface area contributed by atoms with E-state index >= 15 is 0 Å². The van der Waals surface area contributed by atoms with E-state index in [0.29, 0.717) is 25.7 Å². The summed E-state index contributed by atoms with van der Waals surface area (Å²) in [7, 11) is -9.89. The minimum absolute atomic E-state index is 0.106. The number of phosphoric acid groups is 2. The fourth-order valence-electron chi connectivity index (χ4n) is 10.3. The van der Waals surface area contributed by atoms with Crippen molar-refractivity contribution >= 4 is 39.5 Å². The van der Waals surface area contributed by atoms with Gasteiger partial charge in [0.2, 0.25) is 0 Å². The molecule has 0 fully saturated rings. The van der Waals surface area contributed by atoms with Crippen LogP contribution in [0.5, 0.6) is 0 Å². The van der Waals surface area contributed by atoms with E-state index in [1.54, 1.807) is 0 Å². The third-order valence-electron chi connectivity index (χ3n) is 15.8. The molecule has 17 nitrogen and oxygen atoms in total. The minimum atomic E-state index is -4.95. The highest BCUT2D eigenvalue weighted by Crippen LogP contribution is 2.45. The van der Waals surface area contributed by atoms with Gasteiger partial charge in [-0.15, -0.1) is 0 Å². The van der Waals surface area contributed by atoms with E-state index in [4.69, 9.17) is 37.0 Å². The molecule has 0 aromatic heterocycles. The third kappa shape index (κ3) is 62.6. The Hall–Kier alpha value is -1.94. The molecule has 0 saturated carbocycles. The molecule has 5 atom stereocenters. The van der Waals surface area contributed by atoms with Crippen molar-refractivity contribution in [1.82, 2.24) is 0 Å². The van der Waals surface area contributed by atoms with Gasteiger partial charge in [0.15, 0.2) is 12.2 Å². The Bertz CT molecular complexity index is 1690. The highest BCUT2D eigenvalue weighted by atomic mass is 31.2. The van der Waals surface area contributed by atoms with E-state index < -0.39 is 97.5 Å². The summed E-state index contributed by atoms with van der Waals surface area (Å²) in [5, 5.41) is 10.5. The number of carbonyl (C=O) groups is 4. The molecule has 0 radical (unpaired) electrons. The largest absolute Gasteiger partial charge is 0.472 e. The zero-order valence-corrected chi connectivity index (χ0v) is 57.9. The van der Waals surface area contributed by atoms with Gasteiger partial charge in [-0.2, -0.15) is 0 Å². The van der Waals surface area contributed by atoms with Crippen LogP contribution >= 0.6 is 15.6 Å². The first-order valence-corrected chi connectivity index (χ1v) is 38.6. The first kappa shape index (κ1) is 85.1. The van der Waals surface area contributed by atoms with Gasteiger partial charge in [-0.25, -0.2) is 9.13 Å². The van der Waals surface area contributed by atoms with E-state index in [1.165, 1.54) is 167 Å². The zero-order valence-electron chi connectivity index (χ0n) is 56.2. The Balaban J connectivity index is 5.16. The smallest absolute Gasteiger partial charge is 0.462 e. The van der Waals surface area contributed by atoms with Crippen LogP contribution in [0, 0.1) is 5.92 Å². The molecule has 0 aliphatic rings. The lowest BCUT2D eigenvalue weighted by Crippen LogP contribution is -2.30. The summed E-state index contributed by atoms with van der Waals surface area (Å²) in [5.41, 5.74) is 0. The van der Waals surface area contributed by atoms with Crippen LogP contribution in [0.2, 0.25) is 0 Å². The first-order valence-electron chi connectivity index (χ1n) is 35.6. The predicted molar refractivity (Wildman–Crippen MR) is 349 cm³/mol. The lowest BCUT2D eigenvalue weighted by Gasteiger charge is -2.21. The second-order valence-electron chi connectivity index (χ2n) is 25.0. The maximum absolute atomic E-state index is 13.0. The van der Waals surface area contributed by atoms with Gasteiger partial charge < -0.3 is 33.8 Å². The highest BCUT2D eigenvalue weighted by Gasteiger charge is 2.30. The third-order valence-corrected chi connectivity index (χ3v) is 17.7. The average molecular weight is 1280 g/mol. The number of esters is 4. The van der Waals surface area contributed by atoms with Crippen LogP contribution in [-0.4, -0.2) is 96.7 Å². The Kier molecular flexibility index (Phi) is 60.2. The monoisotopic (exact) mass is 1280 g/mol. The number of aliphatic hydroxyl groups is 1. The second kappa shape index (κ2) is 61.6. The topological polar surface area (TPSA) is 237 Å². The van der Waals surface area contributed by atoms with Crippen molar-refractivity contribution < 1.29 is 80.2 Å². The molecule has 0 amide bonds. The Morgan fingerprint density at radius 3 is 0.782 bits per heavy atom. The van der Waals surface area contributed by atoms with Crippen molar-refractivity contribution in [2.45, 2.75) is 368 Å². The van der Waals surface area contributed by atoms with Crippen LogP contribution in [0.4, 0.5) is 0 Å². The van der Waals surface area contributed by atoms with Gasteiger partial charge in [0, 0.05) is 25.7 Å². The summed E-state index contributed by atoms with van der Waals surface area (Å²) in [6.45, 7) is 7.14. The van der Waals surface area contributed by atoms with Gasteiger partial charge in [-0.3, -0.25) is 37.3 Å². The van der Waals surface area contributed by atoms with Crippen molar-refractivity contribution in [3.63, 3.8) is 0 Å². The van der Waals surface area contributed by atoms with Crippen LogP contribution in [-0.2, 0) is 65.4 Å². The van der Waals surface area contributed by atoms with Crippen molar-refractivity contribution in [3.05, 3.63) is 0 Å². The van der Waals surface area contributed by atoms with Crippen molar-refractivity contribution in [2.75, 3.05) is 39.6 Å². The number of rotatable bonds is 68. The predicted octanol–water partition coefficient (Wildman–Crippen LogP) is 19.4. The van der Waals surface area contributed by atoms with Crippen LogP contribution in [0.3, 0.4) is 0 Å². The summed E-state index contributed by atoms with van der Waals surface area (Å²) in [6, 6.07) is 0. The molecule has 0 heterocycles. The van der Waals surface area contributed by atoms with Gasteiger partial charge in [0.25, 0.3) is 0 Å². The number of hydrogen-bond acceptors (Lipinski definition) is 15. The summed E-state index contributed by atoms with van der Waals surface area (Å²) >= 11 is 0. The quantitative estimate of drug-likeness (QED) is 0.0222. The molecule has 0 aliphatic heterocycles. The van der Waals surface area contributed by atoms with Crippen molar-refractivity contribution in [1.29, 1.82) is 0 Å². The summed E-state index contributed by atoms with van der Waals surface area (Å²) in [5.74, 6) is -1.38. The summed E-state index contributed by atoms with van der Waals surface area (Å²) < 4.78 is 68.0. The zero-order chi connectivity index (χ0) is 64.2. The van der Waals surface area contributed by atoms with Gasteiger partial charge >= 0.3 is 39.5 Å². The minimum Gasteiger partial charge on any atom is -0.462 e. The summed E-state index contributed by atoms with van der Waals surface area (Å²) in [4.78, 5) is 72.2. The molecule has 0 spiro atoms. The van der Waals surface area contributed by atoms with E-state index in [2.05, 4.69) is 34.6 Å². The van der Waals surface area contributed by atoms with E-state index in [0.717, 1.165) is 102 Å². The van der Waals surface area contributed by atoms with Crippen LogP contribution in [0.1, 0.15) is 349 Å². The number of phosphoric ester groups is 2.